The van der Waals surface area contributed by atoms with Crippen molar-refractivity contribution < 1.29 is 39.3 Å². The smallest absolute Gasteiger partial charge is 0.550 e. The fourth-order valence-corrected chi connectivity index (χ4v) is 8.80. The minimum absolute atomic E-state index is 0. The molecular formula is C38H50N2O4P2Ru. The summed E-state index contributed by atoms with van der Waals surface area (Å²) in [5.41, 5.74) is 8.42. The molecule has 0 aromatic heterocycles. The van der Waals surface area contributed by atoms with Gasteiger partial charge < -0.3 is 31.3 Å². The van der Waals surface area contributed by atoms with E-state index in [-0.39, 0.29) is 35.3 Å². The number of nitrogens with two attached hydrogens (primary N) is 2. The molecule has 4 N–H and O–H groups in total. The molecule has 0 saturated heterocycles. The number of carboxylic acid groups (broad SMARTS) is 2. The molecule has 4 rings (SSSR count). The van der Waals surface area contributed by atoms with Crippen molar-refractivity contribution in [2.75, 3.05) is 25.4 Å². The van der Waals surface area contributed by atoms with Crippen molar-refractivity contribution in [3.8, 4) is 0 Å². The number of carbonyl (C=O) groups is 2. The van der Waals surface area contributed by atoms with Gasteiger partial charge >= 0.3 is 19.5 Å². The normalized spacial score (nSPS) is 10.6. The zero-order valence-electron chi connectivity index (χ0n) is 28.4. The van der Waals surface area contributed by atoms with E-state index in [1.165, 1.54) is 33.5 Å². The molecule has 4 aromatic rings. The van der Waals surface area contributed by atoms with Crippen LogP contribution in [0.1, 0.15) is 41.5 Å². The molecule has 0 aliphatic heterocycles. The van der Waals surface area contributed by atoms with Crippen LogP contribution in [0, 0.1) is 10.8 Å². The average molecular weight is 762 g/mol. The summed E-state index contributed by atoms with van der Waals surface area (Å²) in [6, 6.07) is 44.2. The topological polar surface area (TPSA) is 132 Å². The van der Waals surface area contributed by atoms with Gasteiger partial charge in [0.2, 0.25) is 0 Å². The van der Waals surface area contributed by atoms with Crippen LogP contribution in [0.3, 0.4) is 0 Å². The number of rotatable bonds is 8. The van der Waals surface area contributed by atoms with Gasteiger partial charge in [-0.25, -0.2) is 0 Å². The predicted octanol–water partition coefficient (Wildman–Crippen LogP) is 3.72. The molecule has 0 amide bonds. The van der Waals surface area contributed by atoms with Crippen LogP contribution in [0.5, 0.6) is 0 Å². The van der Waals surface area contributed by atoms with Gasteiger partial charge in [-0.15, -0.1) is 0 Å². The summed E-state index contributed by atoms with van der Waals surface area (Å²) in [6.07, 6.45) is 2.41. The number of hydrogen-bond donors (Lipinski definition) is 2. The standard InChI is InChI=1S/C26H24P2.2C5H10O2.C2H8N2.Ru/c1-5-13-23(14-6-1)27(24-15-7-2-8-16-24)21-22-28(25-17-9-3-10-18-25)26-19-11-4-12-20-26;2*1-5(2,3)4(6)7;3-1-2-4;/h1-20H,21-22H2;2*1-3H3,(H,6,7);1-4H2;/q;;;;+2/p-2. The van der Waals surface area contributed by atoms with Crippen molar-refractivity contribution in [2.45, 2.75) is 41.5 Å². The number of carbonyl (C=O) groups excluding carboxylic acids is 2. The minimum atomic E-state index is -1.01. The van der Waals surface area contributed by atoms with Gasteiger partial charge in [-0.2, -0.15) is 0 Å². The molecular weight excluding hydrogens is 711 g/mol. The minimum Gasteiger partial charge on any atom is -0.550 e. The predicted molar refractivity (Wildman–Crippen MR) is 195 cm³/mol. The van der Waals surface area contributed by atoms with Crippen LogP contribution in [0.15, 0.2) is 121 Å². The first-order valence-electron chi connectivity index (χ1n) is 15.3. The summed E-state index contributed by atoms with van der Waals surface area (Å²) in [5.74, 6) is -2.01. The van der Waals surface area contributed by atoms with Crippen molar-refractivity contribution in [2.24, 2.45) is 22.3 Å². The molecule has 0 aliphatic rings. The van der Waals surface area contributed by atoms with Gasteiger partial charge in [0, 0.05) is 35.9 Å². The number of hydrogen-bond acceptors (Lipinski definition) is 6. The van der Waals surface area contributed by atoms with E-state index in [1.54, 1.807) is 41.5 Å². The number of benzene rings is 4. The zero-order chi connectivity index (χ0) is 34.6. The van der Waals surface area contributed by atoms with Gasteiger partial charge in [0.05, 0.1) is 0 Å². The van der Waals surface area contributed by atoms with Gasteiger partial charge in [0.25, 0.3) is 0 Å². The molecule has 47 heavy (non-hydrogen) atoms. The quantitative estimate of drug-likeness (QED) is 0.208. The Morgan fingerprint density at radius 2 is 0.660 bits per heavy atom. The summed E-state index contributed by atoms with van der Waals surface area (Å²) in [7, 11) is -0.696. The Kier molecular flexibility index (Phi) is 22.1. The first kappa shape index (κ1) is 44.2. The summed E-state index contributed by atoms with van der Waals surface area (Å²) >= 11 is 0. The molecule has 0 radical (unpaired) electrons. The van der Waals surface area contributed by atoms with Crippen LogP contribution < -0.4 is 42.9 Å². The van der Waals surface area contributed by atoms with Crippen LogP contribution >= 0.6 is 15.8 Å². The van der Waals surface area contributed by atoms with E-state index in [0.29, 0.717) is 13.1 Å². The molecule has 0 spiro atoms. The van der Waals surface area contributed by atoms with Gasteiger partial charge in [-0.05, 0) is 49.4 Å². The molecule has 0 aliphatic carbocycles. The molecule has 0 bridgehead atoms. The summed E-state index contributed by atoms with van der Waals surface area (Å²) < 4.78 is 0. The van der Waals surface area contributed by atoms with Crippen molar-refractivity contribution in [1.82, 2.24) is 0 Å². The monoisotopic (exact) mass is 762 g/mol. The molecule has 0 saturated carbocycles. The molecule has 6 nitrogen and oxygen atoms in total. The Morgan fingerprint density at radius 1 is 0.489 bits per heavy atom. The van der Waals surface area contributed by atoms with Crippen LogP contribution in [0.25, 0.3) is 0 Å². The Bertz CT molecular complexity index is 1200. The van der Waals surface area contributed by atoms with Gasteiger partial charge in [0.15, 0.2) is 0 Å². The van der Waals surface area contributed by atoms with Crippen LogP contribution in [-0.4, -0.2) is 37.4 Å². The van der Waals surface area contributed by atoms with E-state index in [2.05, 4.69) is 121 Å². The Hall–Kier alpha value is -2.78. The van der Waals surface area contributed by atoms with Crippen LogP contribution in [0.4, 0.5) is 0 Å². The third kappa shape index (κ3) is 18.4. The maximum Gasteiger partial charge on any atom is 2.00 e. The molecule has 4 aromatic carbocycles. The Labute approximate surface area is 297 Å². The summed E-state index contributed by atoms with van der Waals surface area (Å²) in [6.45, 7) is 10.8. The average Bonchev–Trinajstić information content (AvgIpc) is 3.04. The first-order valence-corrected chi connectivity index (χ1v) is 18.4. The van der Waals surface area contributed by atoms with E-state index < -0.39 is 22.8 Å². The van der Waals surface area contributed by atoms with Crippen molar-refractivity contribution in [3.63, 3.8) is 0 Å². The fourth-order valence-electron chi connectivity index (χ4n) is 3.45. The molecule has 0 atom stereocenters. The van der Waals surface area contributed by atoms with Gasteiger partial charge in [-0.3, -0.25) is 0 Å². The van der Waals surface area contributed by atoms with Crippen LogP contribution in [-0.2, 0) is 29.1 Å². The summed E-state index contributed by atoms with van der Waals surface area (Å²) in [5, 5.41) is 25.7. The Balaban J connectivity index is 0.000000921. The van der Waals surface area contributed by atoms with E-state index in [4.69, 9.17) is 11.5 Å². The van der Waals surface area contributed by atoms with Gasteiger partial charge in [0.1, 0.15) is 0 Å². The maximum atomic E-state index is 9.91. The first-order chi connectivity index (χ1) is 21.7. The number of aliphatic carboxylic acids is 2. The second-order valence-electron chi connectivity index (χ2n) is 12.3. The molecule has 0 fully saturated rings. The zero-order valence-corrected chi connectivity index (χ0v) is 31.9. The van der Waals surface area contributed by atoms with Crippen molar-refractivity contribution >= 4 is 49.0 Å². The van der Waals surface area contributed by atoms with E-state index in [1.807, 2.05) is 0 Å². The third-order valence-electron chi connectivity index (χ3n) is 6.21. The summed E-state index contributed by atoms with van der Waals surface area (Å²) in [4.78, 5) is 19.8. The molecule has 254 valence electrons. The van der Waals surface area contributed by atoms with E-state index >= 15 is 0 Å². The molecule has 9 heteroatoms. The molecule has 0 heterocycles. The van der Waals surface area contributed by atoms with Crippen molar-refractivity contribution in [3.05, 3.63) is 121 Å². The Morgan fingerprint density at radius 3 is 0.787 bits per heavy atom. The maximum absolute atomic E-state index is 9.91. The second kappa shape index (κ2) is 23.5. The largest absolute Gasteiger partial charge is 2.00 e. The van der Waals surface area contributed by atoms with E-state index in [0.717, 1.165) is 0 Å². The fraction of sp³-hybridized carbons (Fsp3) is 0.316. The number of carboxylic acids is 2. The second-order valence-corrected chi connectivity index (χ2v) is 17.0. The van der Waals surface area contributed by atoms with E-state index in [9.17, 15) is 19.8 Å². The van der Waals surface area contributed by atoms with Crippen molar-refractivity contribution in [1.29, 1.82) is 0 Å². The van der Waals surface area contributed by atoms with Crippen LogP contribution in [0.2, 0.25) is 0 Å². The third-order valence-corrected chi connectivity index (χ3v) is 11.6. The molecule has 0 unspecified atom stereocenters. The van der Waals surface area contributed by atoms with Gasteiger partial charge in [-0.1, -0.05) is 163 Å². The SMILES string of the molecule is CC(C)(C)C(=O)[O-].CC(C)(C)C(=O)[O-].NCCN.[Ru+2].c1ccc(P(CCP(c2ccccc2)c2ccccc2)c2ccccc2)cc1.